The third kappa shape index (κ3) is 0.817. The monoisotopic (exact) mass is 135 g/mol. The largest absolute Gasteiger partial charge is 0.103 e. The van der Waals surface area contributed by atoms with Gasteiger partial charge in [-0.15, -0.1) is 6.58 Å². The normalized spacial score (nSPS) is 30.4. The number of hydrogen-bond acceptors (Lipinski definition) is 0. The van der Waals surface area contributed by atoms with E-state index < -0.39 is 0 Å². The summed E-state index contributed by atoms with van der Waals surface area (Å²) in [6.07, 6.45) is 10.6. The Labute approximate surface area is 63.3 Å². The highest BCUT2D eigenvalue weighted by Crippen LogP contribution is 2.51. The fourth-order valence-electron chi connectivity index (χ4n) is 2.33. The lowest BCUT2D eigenvalue weighted by Crippen LogP contribution is -2.30. The lowest BCUT2D eigenvalue weighted by atomic mass is 9.61. The molecule has 0 amide bonds. The van der Waals surface area contributed by atoms with Crippen LogP contribution in [0.2, 0.25) is 0 Å². The number of hydrogen-bond donors (Lipinski definition) is 0. The van der Waals surface area contributed by atoms with Crippen LogP contribution in [0.25, 0.3) is 0 Å². The molecule has 3 rings (SSSR count). The molecule has 0 spiro atoms. The third-order valence-corrected chi connectivity index (χ3v) is 3.36. The zero-order valence-electron chi connectivity index (χ0n) is 6.53. The second-order valence-electron chi connectivity index (χ2n) is 3.82. The summed E-state index contributed by atoms with van der Waals surface area (Å²) in [6.45, 7) is 3.94. The van der Waals surface area contributed by atoms with Crippen LogP contribution < -0.4 is 0 Å². The Bertz CT molecular complexity index is 124. The molecule has 3 aliphatic rings. The van der Waals surface area contributed by atoms with Crippen molar-refractivity contribution in [3.05, 3.63) is 18.6 Å². The second-order valence-corrected chi connectivity index (χ2v) is 3.82. The van der Waals surface area contributed by atoms with Crippen molar-refractivity contribution in [3.63, 3.8) is 0 Å². The van der Waals surface area contributed by atoms with Crippen LogP contribution >= 0.6 is 0 Å². The molecule has 0 unspecified atom stereocenters. The zero-order chi connectivity index (χ0) is 7.03. The first-order valence-electron chi connectivity index (χ1n) is 4.32. The van der Waals surface area contributed by atoms with Gasteiger partial charge in [0.2, 0.25) is 0 Å². The highest BCUT2D eigenvalue weighted by atomic mass is 14.4. The van der Waals surface area contributed by atoms with E-state index in [-0.39, 0.29) is 0 Å². The standard InChI is InChI=1S/C10H15/c1-2-10-6-3-9(4-7-10)5-8-10/h2H,1,3-8H2. The highest BCUT2D eigenvalue weighted by molar-refractivity contribution is 5.11. The molecule has 0 aromatic carbocycles. The van der Waals surface area contributed by atoms with Crippen molar-refractivity contribution in [3.8, 4) is 0 Å². The maximum absolute atomic E-state index is 3.94. The van der Waals surface area contributed by atoms with Crippen molar-refractivity contribution in [2.45, 2.75) is 38.5 Å². The molecule has 3 fully saturated rings. The maximum Gasteiger partial charge on any atom is -0.0120 e. The van der Waals surface area contributed by atoms with E-state index in [4.69, 9.17) is 0 Å². The Morgan fingerprint density at radius 1 is 1.10 bits per heavy atom. The SMILES string of the molecule is C=CC12CC[C](CC1)CC2. The molecule has 0 atom stereocenters. The van der Waals surface area contributed by atoms with Crippen LogP contribution in [0.15, 0.2) is 12.7 Å². The van der Waals surface area contributed by atoms with Gasteiger partial charge in [-0.2, -0.15) is 0 Å². The first-order valence-corrected chi connectivity index (χ1v) is 4.32. The van der Waals surface area contributed by atoms with Gasteiger partial charge < -0.3 is 0 Å². The molecule has 0 aromatic heterocycles. The van der Waals surface area contributed by atoms with E-state index in [0.29, 0.717) is 5.41 Å². The van der Waals surface area contributed by atoms with E-state index in [1.54, 1.807) is 0 Å². The summed E-state index contributed by atoms with van der Waals surface area (Å²) < 4.78 is 0. The maximum atomic E-state index is 3.94. The van der Waals surface area contributed by atoms with Gasteiger partial charge in [0.15, 0.2) is 0 Å². The molecular formula is C10H15. The molecule has 0 saturated heterocycles. The predicted octanol–water partition coefficient (Wildman–Crippen LogP) is 3.10. The van der Waals surface area contributed by atoms with Gasteiger partial charge in [-0.1, -0.05) is 6.08 Å². The van der Waals surface area contributed by atoms with E-state index in [2.05, 4.69) is 12.7 Å². The summed E-state index contributed by atoms with van der Waals surface area (Å²) in [5, 5.41) is 0. The van der Waals surface area contributed by atoms with E-state index in [1.807, 2.05) is 5.92 Å². The highest BCUT2D eigenvalue weighted by Gasteiger charge is 2.37. The number of fused-ring (bicyclic) bond motifs is 3. The number of rotatable bonds is 1. The lowest BCUT2D eigenvalue weighted by Gasteiger charge is -2.44. The van der Waals surface area contributed by atoms with Crippen LogP contribution in [0.3, 0.4) is 0 Å². The summed E-state index contributed by atoms with van der Waals surface area (Å²) in [4.78, 5) is 0. The van der Waals surface area contributed by atoms with Crippen LogP contribution in [-0.2, 0) is 0 Å². The smallest absolute Gasteiger partial charge is 0.0120 e. The first-order chi connectivity index (χ1) is 4.85. The lowest BCUT2D eigenvalue weighted by molar-refractivity contribution is 0.193. The van der Waals surface area contributed by atoms with Crippen molar-refractivity contribution in [2.24, 2.45) is 5.41 Å². The van der Waals surface area contributed by atoms with E-state index in [0.717, 1.165) is 0 Å². The fraction of sp³-hybridized carbons (Fsp3) is 0.700. The second kappa shape index (κ2) is 2.11. The minimum absolute atomic E-state index is 0.571. The average molecular weight is 135 g/mol. The topological polar surface area (TPSA) is 0 Å². The molecule has 2 bridgehead atoms. The molecule has 3 aliphatic carbocycles. The molecular weight excluding hydrogens is 120 g/mol. The summed E-state index contributed by atoms with van der Waals surface area (Å²) in [5.74, 6) is 1.82. The summed E-state index contributed by atoms with van der Waals surface area (Å²) in [7, 11) is 0. The van der Waals surface area contributed by atoms with Gasteiger partial charge in [-0.05, 0) is 49.9 Å². The molecule has 0 aromatic rings. The average Bonchev–Trinajstić information content (AvgIpc) is 2.08. The molecule has 3 saturated carbocycles. The number of allylic oxidation sites excluding steroid dienone is 1. The Balaban J connectivity index is 2.15. The minimum atomic E-state index is 0.571. The first kappa shape index (κ1) is 6.45. The van der Waals surface area contributed by atoms with Crippen LogP contribution in [0.5, 0.6) is 0 Å². The fourth-order valence-corrected chi connectivity index (χ4v) is 2.33. The summed E-state index contributed by atoms with van der Waals surface area (Å²) in [6, 6.07) is 0. The Morgan fingerprint density at radius 3 is 1.90 bits per heavy atom. The van der Waals surface area contributed by atoms with E-state index in [9.17, 15) is 0 Å². The predicted molar refractivity (Wildman–Crippen MR) is 43.6 cm³/mol. The van der Waals surface area contributed by atoms with Crippen LogP contribution in [0, 0.1) is 11.3 Å². The summed E-state index contributed by atoms with van der Waals surface area (Å²) >= 11 is 0. The van der Waals surface area contributed by atoms with Crippen LogP contribution in [-0.4, -0.2) is 0 Å². The summed E-state index contributed by atoms with van der Waals surface area (Å²) in [5.41, 5.74) is 0.571. The Kier molecular flexibility index (Phi) is 1.36. The van der Waals surface area contributed by atoms with Crippen molar-refractivity contribution in [1.82, 2.24) is 0 Å². The Morgan fingerprint density at radius 2 is 1.60 bits per heavy atom. The molecule has 0 aliphatic heterocycles. The van der Waals surface area contributed by atoms with Gasteiger partial charge in [0.05, 0.1) is 0 Å². The van der Waals surface area contributed by atoms with Crippen molar-refractivity contribution in [1.29, 1.82) is 0 Å². The van der Waals surface area contributed by atoms with Crippen molar-refractivity contribution >= 4 is 0 Å². The molecule has 0 nitrogen and oxygen atoms in total. The van der Waals surface area contributed by atoms with Crippen LogP contribution in [0.1, 0.15) is 38.5 Å². The zero-order valence-corrected chi connectivity index (χ0v) is 6.53. The molecule has 10 heavy (non-hydrogen) atoms. The van der Waals surface area contributed by atoms with Gasteiger partial charge in [-0.25, -0.2) is 0 Å². The minimum Gasteiger partial charge on any atom is -0.103 e. The van der Waals surface area contributed by atoms with Gasteiger partial charge >= 0.3 is 0 Å². The van der Waals surface area contributed by atoms with E-state index >= 15 is 0 Å². The Hall–Kier alpha value is -0.260. The van der Waals surface area contributed by atoms with Crippen LogP contribution in [0.4, 0.5) is 0 Å². The van der Waals surface area contributed by atoms with Gasteiger partial charge in [0.1, 0.15) is 0 Å². The molecule has 1 radical (unpaired) electrons. The molecule has 0 N–H and O–H groups in total. The quantitative estimate of drug-likeness (QED) is 0.485. The van der Waals surface area contributed by atoms with E-state index in [1.165, 1.54) is 38.5 Å². The molecule has 0 heteroatoms. The van der Waals surface area contributed by atoms with Crippen molar-refractivity contribution in [2.75, 3.05) is 0 Å². The third-order valence-electron chi connectivity index (χ3n) is 3.36. The van der Waals surface area contributed by atoms with Gasteiger partial charge in [0.25, 0.3) is 0 Å². The molecule has 0 heterocycles. The molecule has 55 valence electrons. The van der Waals surface area contributed by atoms with Gasteiger partial charge in [0, 0.05) is 0 Å². The van der Waals surface area contributed by atoms with Gasteiger partial charge in [-0.3, -0.25) is 0 Å². The van der Waals surface area contributed by atoms with Crippen molar-refractivity contribution < 1.29 is 0 Å².